The topological polar surface area (TPSA) is 60.9 Å². The summed E-state index contributed by atoms with van der Waals surface area (Å²) in [4.78, 5) is 15.4. The Hall–Kier alpha value is -2.83. The first-order valence-electron chi connectivity index (χ1n) is 6.94. The van der Waals surface area contributed by atoms with Crippen molar-refractivity contribution in [2.75, 3.05) is 0 Å². The van der Waals surface area contributed by atoms with Crippen molar-refractivity contribution < 1.29 is 13.3 Å². The lowest BCUT2D eigenvalue weighted by molar-refractivity contribution is 0.375. The van der Waals surface area contributed by atoms with Crippen molar-refractivity contribution in [3.63, 3.8) is 0 Å². The van der Waals surface area contributed by atoms with Gasteiger partial charge in [0.15, 0.2) is 5.82 Å². The molecular weight excluding hydrogens is 304 g/mol. The fraction of sp³-hybridized carbons (Fsp3) is 0.188. The Kier molecular flexibility index (Phi) is 4.01. The number of benzene rings is 1. The molecule has 0 radical (unpaired) electrons. The molecule has 7 heteroatoms. The minimum atomic E-state index is -0.606. The van der Waals surface area contributed by atoms with Crippen LogP contribution in [0.5, 0.6) is 0 Å². The first-order valence-corrected chi connectivity index (χ1v) is 6.94. The number of pyridine rings is 1. The zero-order valence-corrected chi connectivity index (χ0v) is 12.3. The van der Waals surface area contributed by atoms with E-state index < -0.39 is 11.7 Å². The van der Waals surface area contributed by atoms with Crippen LogP contribution in [0.15, 0.2) is 45.8 Å². The van der Waals surface area contributed by atoms with E-state index in [1.54, 1.807) is 19.1 Å². The average molecular weight is 317 g/mol. The first-order chi connectivity index (χ1) is 11.0. The lowest BCUT2D eigenvalue weighted by Gasteiger charge is -2.07. The third kappa shape index (κ3) is 3.33. The minimum absolute atomic E-state index is 0.179. The zero-order chi connectivity index (χ0) is 16.4. The summed E-state index contributed by atoms with van der Waals surface area (Å²) in [6.45, 7) is 1.91. The maximum absolute atomic E-state index is 13.1. The van der Waals surface area contributed by atoms with Gasteiger partial charge in [-0.3, -0.25) is 9.09 Å². The SMILES string of the molecule is Cc1cc(F)ncc1Cn1c(Cc2ccc(F)cc2)noc1=O. The van der Waals surface area contributed by atoms with E-state index in [4.69, 9.17) is 4.52 Å². The quantitative estimate of drug-likeness (QED) is 0.694. The van der Waals surface area contributed by atoms with Gasteiger partial charge in [0, 0.05) is 12.6 Å². The van der Waals surface area contributed by atoms with Gasteiger partial charge in [0.05, 0.1) is 6.54 Å². The van der Waals surface area contributed by atoms with Crippen molar-refractivity contribution in [1.82, 2.24) is 14.7 Å². The maximum atomic E-state index is 13.1. The maximum Gasteiger partial charge on any atom is 0.441 e. The number of halogens is 2. The number of hydrogen-bond acceptors (Lipinski definition) is 4. The summed E-state index contributed by atoms with van der Waals surface area (Å²) in [7, 11) is 0. The van der Waals surface area contributed by atoms with Gasteiger partial charge in [-0.05, 0) is 41.8 Å². The average Bonchev–Trinajstić information content (AvgIpc) is 2.85. The zero-order valence-electron chi connectivity index (χ0n) is 12.3. The molecule has 0 atom stereocenters. The highest BCUT2D eigenvalue weighted by Crippen LogP contribution is 2.12. The molecule has 0 amide bonds. The van der Waals surface area contributed by atoms with Gasteiger partial charge in [0.2, 0.25) is 5.95 Å². The highest BCUT2D eigenvalue weighted by atomic mass is 19.1. The van der Waals surface area contributed by atoms with Gasteiger partial charge in [0.1, 0.15) is 5.82 Å². The fourth-order valence-electron chi connectivity index (χ4n) is 2.25. The molecule has 0 aliphatic heterocycles. The minimum Gasteiger partial charge on any atom is -0.296 e. The van der Waals surface area contributed by atoms with Crippen LogP contribution in [-0.4, -0.2) is 14.7 Å². The van der Waals surface area contributed by atoms with E-state index in [1.807, 2.05) is 0 Å². The van der Waals surface area contributed by atoms with Crippen LogP contribution in [0.3, 0.4) is 0 Å². The van der Waals surface area contributed by atoms with Crippen LogP contribution in [0.4, 0.5) is 8.78 Å². The second kappa shape index (κ2) is 6.12. The van der Waals surface area contributed by atoms with Crippen LogP contribution in [-0.2, 0) is 13.0 Å². The standard InChI is InChI=1S/C16H13F2N3O2/c1-10-6-14(18)19-8-12(10)9-21-15(20-23-16(21)22)7-11-2-4-13(17)5-3-11/h2-6,8H,7,9H2,1H3. The second-order valence-corrected chi connectivity index (χ2v) is 5.19. The highest BCUT2D eigenvalue weighted by molar-refractivity contribution is 5.24. The molecular formula is C16H13F2N3O2. The Morgan fingerprint density at radius 1 is 1.22 bits per heavy atom. The van der Waals surface area contributed by atoms with Gasteiger partial charge in [-0.2, -0.15) is 4.39 Å². The van der Waals surface area contributed by atoms with E-state index in [0.29, 0.717) is 23.4 Å². The highest BCUT2D eigenvalue weighted by Gasteiger charge is 2.13. The van der Waals surface area contributed by atoms with Crippen molar-refractivity contribution in [1.29, 1.82) is 0 Å². The van der Waals surface area contributed by atoms with Crippen molar-refractivity contribution in [3.8, 4) is 0 Å². The molecule has 118 valence electrons. The second-order valence-electron chi connectivity index (χ2n) is 5.19. The van der Waals surface area contributed by atoms with Gasteiger partial charge in [0.25, 0.3) is 0 Å². The summed E-state index contributed by atoms with van der Waals surface area (Å²) in [6, 6.07) is 7.21. The lowest BCUT2D eigenvalue weighted by atomic mass is 10.1. The van der Waals surface area contributed by atoms with E-state index in [9.17, 15) is 13.6 Å². The molecule has 0 spiro atoms. The van der Waals surface area contributed by atoms with Gasteiger partial charge in [-0.1, -0.05) is 17.3 Å². The van der Waals surface area contributed by atoms with Crippen LogP contribution in [0.2, 0.25) is 0 Å². The summed E-state index contributed by atoms with van der Waals surface area (Å²) in [5.74, 6) is -1.11. The van der Waals surface area contributed by atoms with E-state index in [1.165, 1.54) is 29.0 Å². The van der Waals surface area contributed by atoms with Crippen LogP contribution < -0.4 is 5.76 Å². The number of aromatic nitrogens is 3. The molecule has 3 aromatic rings. The molecule has 0 saturated carbocycles. The largest absolute Gasteiger partial charge is 0.441 e. The third-order valence-electron chi connectivity index (χ3n) is 3.55. The smallest absolute Gasteiger partial charge is 0.296 e. The van der Waals surface area contributed by atoms with Gasteiger partial charge in [-0.25, -0.2) is 14.2 Å². The molecule has 0 bridgehead atoms. The van der Waals surface area contributed by atoms with Crippen LogP contribution in [0, 0.1) is 18.7 Å². The lowest BCUT2D eigenvalue weighted by Crippen LogP contribution is -2.19. The summed E-state index contributed by atoms with van der Waals surface area (Å²) in [6.07, 6.45) is 1.70. The number of nitrogens with zero attached hydrogens (tertiary/aromatic N) is 3. The van der Waals surface area contributed by atoms with Crippen LogP contribution in [0.1, 0.15) is 22.5 Å². The Labute approximate surface area is 130 Å². The molecule has 0 fully saturated rings. The van der Waals surface area contributed by atoms with E-state index in [-0.39, 0.29) is 12.4 Å². The normalized spacial score (nSPS) is 10.9. The van der Waals surface area contributed by atoms with Crippen molar-refractivity contribution >= 4 is 0 Å². The number of aryl methyl sites for hydroxylation is 1. The van der Waals surface area contributed by atoms with E-state index in [0.717, 1.165) is 5.56 Å². The molecule has 0 saturated heterocycles. The van der Waals surface area contributed by atoms with Gasteiger partial charge < -0.3 is 0 Å². The Morgan fingerprint density at radius 2 is 1.96 bits per heavy atom. The molecule has 0 N–H and O–H groups in total. The van der Waals surface area contributed by atoms with Crippen molar-refractivity contribution in [2.45, 2.75) is 19.9 Å². The fourth-order valence-corrected chi connectivity index (χ4v) is 2.25. The molecule has 2 heterocycles. The molecule has 0 aliphatic rings. The van der Waals surface area contributed by atoms with Crippen LogP contribution >= 0.6 is 0 Å². The van der Waals surface area contributed by atoms with Crippen LogP contribution in [0.25, 0.3) is 0 Å². The Morgan fingerprint density at radius 3 is 2.65 bits per heavy atom. The summed E-state index contributed by atoms with van der Waals surface area (Å²) in [5, 5.41) is 3.76. The monoisotopic (exact) mass is 317 g/mol. The Bertz CT molecular complexity index is 885. The molecule has 5 nitrogen and oxygen atoms in total. The predicted octanol–water partition coefficient (Wildman–Crippen LogP) is 2.46. The first kappa shape index (κ1) is 15.1. The summed E-state index contributed by atoms with van der Waals surface area (Å²) >= 11 is 0. The third-order valence-corrected chi connectivity index (χ3v) is 3.55. The molecule has 0 unspecified atom stereocenters. The summed E-state index contributed by atoms with van der Waals surface area (Å²) < 4.78 is 32.1. The summed E-state index contributed by atoms with van der Waals surface area (Å²) in [5.41, 5.74) is 2.16. The molecule has 0 aliphatic carbocycles. The Balaban J connectivity index is 1.89. The van der Waals surface area contributed by atoms with Crippen molar-refractivity contribution in [3.05, 3.63) is 81.4 Å². The van der Waals surface area contributed by atoms with Gasteiger partial charge >= 0.3 is 5.76 Å². The van der Waals surface area contributed by atoms with E-state index in [2.05, 4.69) is 10.1 Å². The van der Waals surface area contributed by atoms with E-state index >= 15 is 0 Å². The predicted molar refractivity (Wildman–Crippen MR) is 78.0 cm³/mol. The van der Waals surface area contributed by atoms with Gasteiger partial charge in [-0.15, -0.1) is 0 Å². The molecule has 2 aromatic heterocycles. The number of rotatable bonds is 4. The molecule has 3 rings (SSSR count). The van der Waals surface area contributed by atoms with Crippen molar-refractivity contribution in [2.24, 2.45) is 0 Å². The number of hydrogen-bond donors (Lipinski definition) is 0. The molecule has 23 heavy (non-hydrogen) atoms. The molecule has 1 aromatic carbocycles.